The van der Waals surface area contributed by atoms with Gasteiger partial charge in [0.1, 0.15) is 6.29 Å². The van der Waals surface area contributed by atoms with Gasteiger partial charge in [-0.1, -0.05) is 6.92 Å². The van der Waals surface area contributed by atoms with E-state index >= 15 is 0 Å². The molecule has 13 heavy (non-hydrogen) atoms. The third-order valence-electron chi connectivity index (χ3n) is 2.77. The molecule has 0 aliphatic carbocycles. The second-order valence-electron chi connectivity index (χ2n) is 3.90. The zero-order valence-electron chi connectivity index (χ0n) is 8.62. The normalized spacial score (nSPS) is 22.9. The first kappa shape index (κ1) is 10.7. The molecule has 1 aliphatic rings. The van der Waals surface area contributed by atoms with Gasteiger partial charge >= 0.3 is 0 Å². The van der Waals surface area contributed by atoms with Crippen molar-refractivity contribution in [2.45, 2.75) is 38.3 Å². The monoisotopic (exact) mass is 184 g/mol. The van der Waals surface area contributed by atoms with Crippen LogP contribution in [0.4, 0.5) is 0 Å². The predicted molar refractivity (Wildman–Crippen MR) is 53.8 cm³/mol. The molecule has 0 bridgehead atoms. The molecule has 0 saturated carbocycles. The van der Waals surface area contributed by atoms with E-state index in [4.69, 9.17) is 0 Å². The van der Waals surface area contributed by atoms with Crippen molar-refractivity contribution in [1.29, 1.82) is 0 Å². The highest BCUT2D eigenvalue weighted by molar-refractivity contribution is 5.57. The van der Waals surface area contributed by atoms with Gasteiger partial charge in [-0.25, -0.2) is 0 Å². The molecule has 76 valence electrons. The molecule has 0 amide bonds. The molecule has 0 aromatic carbocycles. The van der Waals surface area contributed by atoms with Gasteiger partial charge in [-0.3, -0.25) is 0 Å². The van der Waals surface area contributed by atoms with Crippen LogP contribution < -0.4 is 5.32 Å². The molecule has 0 spiro atoms. The van der Waals surface area contributed by atoms with Crippen LogP contribution >= 0.6 is 0 Å². The average Bonchev–Trinajstić information content (AvgIpc) is 2.17. The van der Waals surface area contributed by atoms with E-state index in [1.807, 2.05) is 6.92 Å². The Morgan fingerprint density at radius 1 is 1.54 bits per heavy atom. The van der Waals surface area contributed by atoms with Gasteiger partial charge in [-0.2, -0.15) is 0 Å². The largest absolute Gasteiger partial charge is 0.306 e. The number of nitrogens with zero attached hydrogens (tertiary/aromatic N) is 1. The summed E-state index contributed by atoms with van der Waals surface area (Å²) in [6.45, 7) is 4.33. The summed E-state index contributed by atoms with van der Waals surface area (Å²) in [6, 6.07) is 0.611. The van der Waals surface area contributed by atoms with Crippen LogP contribution in [0.1, 0.15) is 26.2 Å². The first-order valence-corrected chi connectivity index (χ1v) is 5.16. The minimum Gasteiger partial charge on any atom is -0.306 e. The molecule has 1 heterocycles. The minimum atomic E-state index is 0.0633. The Bertz CT molecular complexity index is 153. The number of piperidine rings is 1. The summed E-state index contributed by atoms with van der Waals surface area (Å²) in [5.74, 6) is 0. The molecule has 3 nitrogen and oxygen atoms in total. The summed E-state index contributed by atoms with van der Waals surface area (Å²) in [6.07, 6.45) is 4.26. The Morgan fingerprint density at radius 2 is 2.15 bits per heavy atom. The number of carbonyl (C=O) groups is 1. The second-order valence-corrected chi connectivity index (χ2v) is 3.90. The zero-order valence-corrected chi connectivity index (χ0v) is 8.62. The molecule has 3 heteroatoms. The Kier molecular flexibility index (Phi) is 4.39. The number of carbonyl (C=O) groups excluding carboxylic acids is 1. The third-order valence-corrected chi connectivity index (χ3v) is 2.77. The van der Waals surface area contributed by atoms with Gasteiger partial charge in [0.15, 0.2) is 0 Å². The van der Waals surface area contributed by atoms with Crippen molar-refractivity contribution in [1.82, 2.24) is 10.2 Å². The lowest BCUT2D eigenvalue weighted by Crippen LogP contribution is -2.45. The van der Waals surface area contributed by atoms with Crippen LogP contribution in [-0.4, -0.2) is 43.4 Å². The summed E-state index contributed by atoms with van der Waals surface area (Å²) in [7, 11) is 2.15. The van der Waals surface area contributed by atoms with Gasteiger partial charge in [0.2, 0.25) is 0 Å². The molecule has 1 saturated heterocycles. The lowest BCUT2D eigenvalue weighted by Gasteiger charge is -2.31. The molecule has 1 rings (SSSR count). The van der Waals surface area contributed by atoms with Crippen molar-refractivity contribution in [2.75, 3.05) is 20.1 Å². The maximum Gasteiger partial charge on any atom is 0.136 e. The van der Waals surface area contributed by atoms with Crippen molar-refractivity contribution in [2.24, 2.45) is 0 Å². The van der Waals surface area contributed by atoms with Crippen molar-refractivity contribution in [3.8, 4) is 0 Å². The lowest BCUT2D eigenvalue weighted by molar-refractivity contribution is -0.109. The lowest BCUT2D eigenvalue weighted by atomic mass is 10.0. The fourth-order valence-corrected chi connectivity index (χ4v) is 1.73. The highest BCUT2D eigenvalue weighted by Crippen LogP contribution is 2.09. The number of aldehydes is 1. The number of nitrogens with one attached hydrogen (secondary N) is 1. The van der Waals surface area contributed by atoms with E-state index in [9.17, 15) is 4.79 Å². The van der Waals surface area contributed by atoms with Gasteiger partial charge in [-0.15, -0.1) is 0 Å². The fourth-order valence-electron chi connectivity index (χ4n) is 1.73. The number of hydrogen-bond donors (Lipinski definition) is 1. The Morgan fingerprint density at radius 3 is 2.62 bits per heavy atom. The van der Waals surface area contributed by atoms with E-state index in [1.165, 1.54) is 12.8 Å². The van der Waals surface area contributed by atoms with E-state index in [-0.39, 0.29) is 6.04 Å². The number of rotatable bonds is 4. The summed E-state index contributed by atoms with van der Waals surface area (Å²) in [4.78, 5) is 12.9. The van der Waals surface area contributed by atoms with Crippen LogP contribution in [0.25, 0.3) is 0 Å². The molecule has 0 aromatic heterocycles. The summed E-state index contributed by atoms with van der Waals surface area (Å²) in [5.41, 5.74) is 0. The Hall–Kier alpha value is -0.410. The summed E-state index contributed by atoms with van der Waals surface area (Å²) < 4.78 is 0. The molecule has 0 radical (unpaired) electrons. The fraction of sp³-hybridized carbons (Fsp3) is 0.900. The van der Waals surface area contributed by atoms with E-state index in [2.05, 4.69) is 17.3 Å². The van der Waals surface area contributed by atoms with Gasteiger partial charge in [0.05, 0.1) is 6.04 Å². The molecule has 1 unspecified atom stereocenters. The van der Waals surface area contributed by atoms with Crippen LogP contribution in [0.15, 0.2) is 0 Å². The highest BCUT2D eigenvalue weighted by atomic mass is 16.1. The van der Waals surface area contributed by atoms with Crippen molar-refractivity contribution >= 4 is 6.29 Å². The van der Waals surface area contributed by atoms with E-state index in [0.717, 1.165) is 25.8 Å². The van der Waals surface area contributed by atoms with Crippen molar-refractivity contribution in [3.05, 3.63) is 0 Å². The molecular weight excluding hydrogens is 164 g/mol. The number of hydrogen-bond acceptors (Lipinski definition) is 3. The maximum absolute atomic E-state index is 10.6. The molecule has 1 atom stereocenters. The van der Waals surface area contributed by atoms with Gasteiger partial charge < -0.3 is 15.0 Å². The van der Waals surface area contributed by atoms with E-state index < -0.39 is 0 Å². The van der Waals surface area contributed by atoms with Crippen LogP contribution in [0, 0.1) is 0 Å². The van der Waals surface area contributed by atoms with Gasteiger partial charge in [0.25, 0.3) is 0 Å². The van der Waals surface area contributed by atoms with Gasteiger partial charge in [-0.05, 0) is 39.4 Å². The summed E-state index contributed by atoms with van der Waals surface area (Å²) in [5, 5.41) is 3.38. The van der Waals surface area contributed by atoms with Crippen LogP contribution in [0.3, 0.4) is 0 Å². The van der Waals surface area contributed by atoms with Crippen LogP contribution in [0.2, 0.25) is 0 Å². The molecular formula is C10H20N2O. The smallest absolute Gasteiger partial charge is 0.136 e. The topological polar surface area (TPSA) is 32.3 Å². The first-order chi connectivity index (χ1) is 6.26. The molecule has 1 N–H and O–H groups in total. The minimum absolute atomic E-state index is 0.0633. The average molecular weight is 184 g/mol. The van der Waals surface area contributed by atoms with Crippen LogP contribution in [-0.2, 0) is 4.79 Å². The SMILES string of the molecule is CCC(C=O)NC1CCN(C)CC1. The Labute approximate surface area is 80.5 Å². The summed E-state index contributed by atoms with van der Waals surface area (Å²) >= 11 is 0. The highest BCUT2D eigenvalue weighted by Gasteiger charge is 2.18. The van der Waals surface area contributed by atoms with Gasteiger partial charge in [0, 0.05) is 6.04 Å². The molecule has 0 aromatic rings. The molecule has 1 fully saturated rings. The standard InChI is InChI=1S/C10H20N2O/c1-3-9(8-13)11-10-4-6-12(2)7-5-10/h8-11H,3-7H2,1-2H3. The van der Waals surface area contributed by atoms with Crippen molar-refractivity contribution in [3.63, 3.8) is 0 Å². The zero-order chi connectivity index (χ0) is 9.68. The number of likely N-dealkylation sites (tertiary alicyclic amines) is 1. The third kappa shape index (κ3) is 3.44. The molecule has 1 aliphatic heterocycles. The quantitative estimate of drug-likeness (QED) is 0.651. The second kappa shape index (κ2) is 5.35. The Balaban J connectivity index is 2.25. The van der Waals surface area contributed by atoms with Crippen LogP contribution in [0.5, 0.6) is 0 Å². The first-order valence-electron chi connectivity index (χ1n) is 5.16. The van der Waals surface area contributed by atoms with E-state index in [1.54, 1.807) is 0 Å². The van der Waals surface area contributed by atoms with E-state index in [0.29, 0.717) is 6.04 Å². The maximum atomic E-state index is 10.6. The van der Waals surface area contributed by atoms with Crippen molar-refractivity contribution < 1.29 is 4.79 Å². The predicted octanol–water partition coefficient (Wildman–Crippen LogP) is 0.648.